The predicted molar refractivity (Wildman–Crippen MR) is 98.1 cm³/mol. The van der Waals surface area contributed by atoms with Crippen LogP contribution < -0.4 is 4.74 Å². The van der Waals surface area contributed by atoms with Gasteiger partial charge in [-0.25, -0.2) is 0 Å². The Balaban J connectivity index is 1.64. The van der Waals surface area contributed by atoms with Gasteiger partial charge < -0.3 is 19.3 Å². The number of likely N-dealkylation sites (tertiary alicyclic amines) is 1. The largest absolute Gasteiger partial charge is 0.497 e. The van der Waals surface area contributed by atoms with Gasteiger partial charge in [-0.2, -0.15) is 0 Å². The SMILES string of the molecule is COc1ccc(C(=O)N2CCOC[C@@H](CCN3CCCC3)[C@@H]2C)cc1. The first-order valence-corrected chi connectivity index (χ1v) is 9.44. The highest BCUT2D eigenvalue weighted by Crippen LogP contribution is 2.23. The number of carbonyl (C=O) groups excluding carboxylic acids is 1. The van der Waals surface area contributed by atoms with Crippen LogP contribution in [0.2, 0.25) is 0 Å². The number of hydrogen-bond acceptors (Lipinski definition) is 4. The van der Waals surface area contributed by atoms with Crippen molar-refractivity contribution in [3.05, 3.63) is 29.8 Å². The molecule has 2 atom stereocenters. The van der Waals surface area contributed by atoms with Crippen LogP contribution in [0.15, 0.2) is 24.3 Å². The van der Waals surface area contributed by atoms with E-state index in [9.17, 15) is 4.79 Å². The Labute approximate surface area is 150 Å². The third kappa shape index (κ3) is 4.53. The van der Waals surface area contributed by atoms with Crippen molar-refractivity contribution >= 4 is 5.91 Å². The van der Waals surface area contributed by atoms with E-state index < -0.39 is 0 Å². The normalized spacial score (nSPS) is 25.0. The fraction of sp³-hybridized carbons (Fsp3) is 0.650. The average molecular weight is 346 g/mol. The summed E-state index contributed by atoms with van der Waals surface area (Å²) in [5.74, 6) is 1.25. The zero-order chi connectivity index (χ0) is 17.6. The lowest BCUT2D eigenvalue weighted by Gasteiger charge is -2.32. The molecule has 138 valence electrons. The van der Waals surface area contributed by atoms with E-state index in [0.29, 0.717) is 24.6 Å². The third-order valence-corrected chi connectivity index (χ3v) is 5.59. The maximum Gasteiger partial charge on any atom is 0.254 e. The number of hydrogen-bond donors (Lipinski definition) is 0. The molecular formula is C20H30N2O3. The Morgan fingerprint density at radius 1 is 1.20 bits per heavy atom. The third-order valence-electron chi connectivity index (χ3n) is 5.59. The van der Waals surface area contributed by atoms with Crippen LogP contribution in [0, 0.1) is 5.92 Å². The van der Waals surface area contributed by atoms with Crippen molar-refractivity contribution in [3.63, 3.8) is 0 Å². The van der Waals surface area contributed by atoms with Crippen molar-refractivity contribution < 1.29 is 14.3 Å². The van der Waals surface area contributed by atoms with Gasteiger partial charge in [0.25, 0.3) is 5.91 Å². The van der Waals surface area contributed by atoms with Crippen LogP contribution in [-0.4, -0.2) is 68.3 Å². The summed E-state index contributed by atoms with van der Waals surface area (Å²) >= 11 is 0. The maximum atomic E-state index is 13.0. The molecule has 0 spiro atoms. The van der Waals surface area contributed by atoms with Gasteiger partial charge in [-0.05, 0) is 70.1 Å². The van der Waals surface area contributed by atoms with Crippen LogP contribution in [-0.2, 0) is 4.74 Å². The minimum Gasteiger partial charge on any atom is -0.497 e. The standard InChI is InChI=1S/C20H30N2O3/c1-16-18(9-12-21-10-3-4-11-21)15-25-14-13-22(16)20(23)17-5-7-19(24-2)8-6-17/h5-8,16,18H,3-4,9-15H2,1-2H3/t16-,18+/m0/s1. The lowest BCUT2D eigenvalue weighted by Crippen LogP contribution is -2.43. The van der Waals surface area contributed by atoms with E-state index in [1.165, 1.54) is 25.9 Å². The zero-order valence-corrected chi connectivity index (χ0v) is 15.4. The van der Waals surface area contributed by atoms with Gasteiger partial charge in [0.2, 0.25) is 0 Å². The average Bonchev–Trinajstić information content (AvgIpc) is 3.10. The number of nitrogens with zero attached hydrogens (tertiary/aromatic N) is 2. The quantitative estimate of drug-likeness (QED) is 0.822. The second-order valence-electron chi connectivity index (χ2n) is 7.14. The summed E-state index contributed by atoms with van der Waals surface area (Å²) in [4.78, 5) is 17.5. The molecule has 0 aliphatic carbocycles. The predicted octanol–water partition coefficient (Wildman–Crippen LogP) is 2.66. The highest BCUT2D eigenvalue weighted by Gasteiger charge is 2.31. The summed E-state index contributed by atoms with van der Waals surface area (Å²) in [7, 11) is 1.63. The molecule has 2 aliphatic heterocycles. The molecule has 5 nitrogen and oxygen atoms in total. The molecule has 2 heterocycles. The van der Waals surface area contributed by atoms with Gasteiger partial charge in [0.15, 0.2) is 0 Å². The Kier molecular flexibility index (Phi) is 6.32. The molecule has 5 heteroatoms. The number of ether oxygens (including phenoxy) is 2. The van der Waals surface area contributed by atoms with E-state index in [2.05, 4.69) is 11.8 Å². The van der Waals surface area contributed by atoms with Crippen LogP contribution in [0.5, 0.6) is 5.75 Å². The van der Waals surface area contributed by atoms with Crippen molar-refractivity contribution in [1.82, 2.24) is 9.80 Å². The molecule has 2 aliphatic rings. The van der Waals surface area contributed by atoms with Crippen LogP contribution in [0.4, 0.5) is 0 Å². The molecule has 1 amide bonds. The zero-order valence-electron chi connectivity index (χ0n) is 15.4. The van der Waals surface area contributed by atoms with Crippen molar-refractivity contribution in [3.8, 4) is 5.75 Å². The Hall–Kier alpha value is -1.59. The summed E-state index contributed by atoms with van der Waals surface area (Å²) in [6, 6.07) is 7.58. The Bertz CT molecular complexity index is 555. The first kappa shape index (κ1) is 18.2. The molecule has 1 aromatic rings. The van der Waals surface area contributed by atoms with Crippen molar-refractivity contribution in [2.24, 2.45) is 5.92 Å². The second-order valence-corrected chi connectivity index (χ2v) is 7.14. The second kappa shape index (κ2) is 8.68. The van der Waals surface area contributed by atoms with Crippen molar-refractivity contribution in [2.45, 2.75) is 32.2 Å². The first-order valence-electron chi connectivity index (χ1n) is 9.44. The molecule has 2 fully saturated rings. The summed E-state index contributed by atoms with van der Waals surface area (Å²) < 4.78 is 11.0. The number of rotatable bonds is 5. The Morgan fingerprint density at radius 2 is 1.92 bits per heavy atom. The van der Waals surface area contributed by atoms with E-state index in [4.69, 9.17) is 9.47 Å². The van der Waals surface area contributed by atoms with E-state index >= 15 is 0 Å². The fourth-order valence-electron chi connectivity index (χ4n) is 3.86. The molecule has 0 aromatic heterocycles. The highest BCUT2D eigenvalue weighted by atomic mass is 16.5. The van der Waals surface area contributed by atoms with Gasteiger partial charge in [-0.1, -0.05) is 0 Å². The van der Waals surface area contributed by atoms with Gasteiger partial charge in [0, 0.05) is 24.1 Å². The first-order chi connectivity index (χ1) is 12.2. The molecule has 2 saturated heterocycles. The summed E-state index contributed by atoms with van der Waals surface area (Å²) in [6.45, 7) is 7.75. The number of methoxy groups -OCH3 is 1. The summed E-state index contributed by atoms with van der Waals surface area (Å²) in [5, 5.41) is 0. The van der Waals surface area contributed by atoms with Crippen LogP contribution in [0.1, 0.15) is 36.5 Å². The van der Waals surface area contributed by atoms with E-state index in [-0.39, 0.29) is 11.9 Å². The molecule has 1 aromatic carbocycles. The van der Waals surface area contributed by atoms with Crippen LogP contribution in [0.3, 0.4) is 0 Å². The van der Waals surface area contributed by atoms with Gasteiger partial charge in [-0.3, -0.25) is 4.79 Å². The van der Waals surface area contributed by atoms with Gasteiger partial charge in [0.05, 0.1) is 20.3 Å². The number of carbonyl (C=O) groups is 1. The molecule has 0 N–H and O–H groups in total. The van der Waals surface area contributed by atoms with E-state index in [0.717, 1.165) is 25.3 Å². The molecule has 3 rings (SSSR count). The van der Waals surface area contributed by atoms with Crippen LogP contribution in [0.25, 0.3) is 0 Å². The molecular weight excluding hydrogens is 316 g/mol. The topological polar surface area (TPSA) is 42.0 Å². The molecule has 0 unspecified atom stereocenters. The van der Waals surface area contributed by atoms with Gasteiger partial charge in [-0.15, -0.1) is 0 Å². The fourth-order valence-corrected chi connectivity index (χ4v) is 3.86. The molecule has 0 saturated carbocycles. The summed E-state index contributed by atoms with van der Waals surface area (Å²) in [6.07, 6.45) is 3.73. The van der Waals surface area contributed by atoms with Gasteiger partial charge in [0.1, 0.15) is 5.75 Å². The lowest BCUT2D eigenvalue weighted by atomic mass is 9.96. The number of benzene rings is 1. The minimum absolute atomic E-state index is 0.0897. The monoisotopic (exact) mass is 346 g/mol. The minimum atomic E-state index is 0.0897. The van der Waals surface area contributed by atoms with E-state index in [1.54, 1.807) is 7.11 Å². The summed E-state index contributed by atoms with van der Waals surface area (Å²) in [5.41, 5.74) is 0.716. The maximum absolute atomic E-state index is 13.0. The van der Waals surface area contributed by atoms with Crippen molar-refractivity contribution in [1.29, 1.82) is 0 Å². The van der Waals surface area contributed by atoms with Crippen molar-refractivity contribution in [2.75, 3.05) is 46.5 Å². The number of amides is 1. The molecule has 25 heavy (non-hydrogen) atoms. The lowest BCUT2D eigenvalue weighted by molar-refractivity contribution is 0.0652. The molecule has 0 radical (unpaired) electrons. The smallest absolute Gasteiger partial charge is 0.254 e. The highest BCUT2D eigenvalue weighted by molar-refractivity contribution is 5.94. The van der Waals surface area contributed by atoms with E-state index in [1.807, 2.05) is 29.2 Å². The molecule has 0 bridgehead atoms. The van der Waals surface area contributed by atoms with Crippen LogP contribution >= 0.6 is 0 Å². The van der Waals surface area contributed by atoms with Gasteiger partial charge >= 0.3 is 0 Å². The Morgan fingerprint density at radius 3 is 2.60 bits per heavy atom.